The summed E-state index contributed by atoms with van der Waals surface area (Å²) in [6.07, 6.45) is 2.64. The van der Waals surface area contributed by atoms with Crippen LogP contribution in [0.3, 0.4) is 0 Å². The molecule has 0 saturated heterocycles. The molecule has 2 aromatic heterocycles. The van der Waals surface area contributed by atoms with Crippen LogP contribution in [0.25, 0.3) is 5.69 Å². The van der Waals surface area contributed by atoms with Crippen LogP contribution in [-0.4, -0.2) is 37.5 Å². The van der Waals surface area contributed by atoms with Crippen LogP contribution in [-0.2, 0) is 6.54 Å². The van der Waals surface area contributed by atoms with Gasteiger partial charge in [-0.1, -0.05) is 0 Å². The minimum atomic E-state index is -0.552. The summed E-state index contributed by atoms with van der Waals surface area (Å²) in [6, 6.07) is 7.84. The summed E-state index contributed by atoms with van der Waals surface area (Å²) in [4.78, 5) is 28.6. The molecule has 0 bridgehead atoms. The lowest BCUT2D eigenvalue weighted by molar-refractivity contribution is -0.384. The molecule has 1 amide bonds. The summed E-state index contributed by atoms with van der Waals surface area (Å²) in [5.41, 5.74) is 0.225. The highest BCUT2D eigenvalue weighted by Crippen LogP contribution is 2.24. The first-order valence-corrected chi connectivity index (χ1v) is 7.40. The molecule has 0 fully saturated rings. The highest BCUT2D eigenvalue weighted by Gasteiger charge is 2.21. The van der Waals surface area contributed by atoms with Crippen LogP contribution in [0.4, 0.5) is 5.69 Å². The smallest absolute Gasteiger partial charge is 0.295 e. The number of nitro groups is 1. The fourth-order valence-corrected chi connectivity index (χ4v) is 2.43. The average molecular weight is 341 g/mol. The van der Waals surface area contributed by atoms with Gasteiger partial charge in [-0.25, -0.2) is 9.67 Å². The Hall–Kier alpha value is -3.49. The molecule has 128 valence electrons. The van der Waals surface area contributed by atoms with E-state index in [0.717, 1.165) is 5.76 Å². The van der Waals surface area contributed by atoms with E-state index < -0.39 is 4.92 Å². The Balaban J connectivity index is 1.87. The van der Waals surface area contributed by atoms with Crippen molar-refractivity contribution in [2.45, 2.75) is 13.5 Å². The zero-order chi connectivity index (χ0) is 18.0. The van der Waals surface area contributed by atoms with Gasteiger partial charge in [0.25, 0.3) is 11.6 Å². The molecule has 25 heavy (non-hydrogen) atoms. The number of benzene rings is 1. The topological polar surface area (TPSA) is 107 Å². The summed E-state index contributed by atoms with van der Waals surface area (Å²) in [5.74, 6) is 1.05. The van der Waals surface area contributed by atoms with E-state index in [1.165, 1.54) is 40.4 Å². The number of amides is 1. The number of hydrogen-bond acceptors (Lipinski definition) is 6. The monoisotopic (exact) mass is 341 g/mol. The maximum Gasteiger partial charge on any atom is 0.295 e. The molecular formula is C16H15N5O4. The summed E-state index contributed by atoms with van der Waals surface area (Å²) in [5, 5.41) is 15.3. The normalized spacial score (nSPS) is 10.6. The van der Waals surface area contributed by atoms with Crippen molar-refractivity contribution < 1.29 is 14.1 Å². The van der Waals surface area contributed by atoms with Gasteiger partial charge in [0.2, 0.25) is 0 Å². The number of hydrogen-bond donors (Lipinski definition) is 0. The van der Waals surface area contributed by atoms with Crippen LogP contribution in [0.15, 0.2) is 47.4 Å². The molecule has 9 heteroatoms. The van der Waals surface area contributed by atoms with Gasteiger partial charge in [0.15, 0.2) is 0 Å². The lowest BCUT2D eigenvalue weighted by atomic mass is 10.1. The van der Waals surface area contributed by atoms with Crippen LogP contribution in [0, 0.1) is 17.0 Å². The van der Waals surface area contributed by atoms with Gasteiger partial charge < -0.3 is 9.32 Å². The maximum absolute atomic E-state index is 12.6. The summed E-state index contributed by atoms with van der Waals surface area (Å²) >= 11 is 0. The Morgan fingerprint density at radius 1 is 1.36 bits per heavy atom. The molecule has 0 N–H and O–H groups in total. The van der Waals surface area contributed by atoms with Crippen molar-refractivity contribution in [3.8, 4) is 5.69 Å². The second kappa shape index (κ2) is 6.56. The first-order chi connectivity index (χ1) is 12.0. The molecule has 0 saturated carbocycles. The number of nitro benzene ring substituents is 1. The van der Waals surface area contributed by atoms with E-state index in [0.29, 0.717) is 5.76 Å². The first kappa shape index (κ1) is 16.4. The molecule has 1 aromatic carbocycles. The highest BCUT2D eigenvalue weighted by molar-refractivity contribution is 5.95. The van der Waals surface area contributed by atoms with Crippen molar-refractivity contribution in [1.82, 2.24) is 19.7 Å². The molecule has 0 atom stereocenters. The number of aryl methyl sites for hydroxylation is 1. The number of rotatable bonds is 5. The fourth-order valence-electron chi connectivity index (χ4n) is 2.43. The Kier molecular flexibility index (Phi) is 4.29. The Morgan fingerprint density at radius 2 is 2.16 bits per heavy atom. The van der Waals surface area contributed by atoms with Gasteiger partial charge in [-0.2, -0.15) is 5.10 Å². The molecule has 2 heterocycles. The molecule has 0 unspecified atom stereocenters. The van der Waals surface area contributed by atoms with E-state index >= 15 is 0 Å². The van der Waals surface area contributed by atoms with E-state index in [1.54, 1.807) is 13.1 Å². The fraction of sp³-hybridized carbons (Fsp3) is 0.188. The predicted molar refractivity (Wildman–Crippen MR) is 87.3 cm³/mol. The lowest BCUT2D eigenvalue weighted by Gasteiger charge is -2.16. The molecule has 0 radical (unpaired) electrons. The van der Waals surface area contributed by atoms with Crippen LogP contribution < -0.4 is 0 Å². The SMILES string of the molecule is Cc1ccc(CN(C)C(=O)c2ccc(-n3cncn3)c([N+](=O)[O-])c2)o1. The number of aromatic nitrogens is 3. The van der Waals surface area contributed by atoms with Gasteiger partial charge in [-0.15, -0.1) is 0 Å². The van der Waals surface area contributed by atoms with Gasteiger partial charge in [0.1, 0.15) is 29.9 Å². The zero-order valence-corrected chi connectivity index (χ0v) is 13.6. The summed E-state index contributed by atoms with van der Waals surface area (Å²) in [7, 11) is 1.61. The number of carbonyl (C=O) groups is 1. The van der Waals surface area contributed by atoms with E-state index in [1.807, 2.05) is 13.0 Å². The highest BCUT2D eigenvalue weighted by atomic mass is 16.6. The molecule has 0 aliphatic rings. The van der Waals surface area contributed by atoms with E-state index in [-0.39, 0.29) is 29.4 Å². The van der Waals surface area contributed by atoms with Crippen LogP contribution >= 0.6 is 0 Å². The largest absolute Gasteiger partial charge is 0.464 e. The quantitative estimate of drug-likeness (QED) is 0.521. The standard InChI is InChI=1S/C16H15N5O4/c1-11-3-5-13(25-11)8-19(2)16(22)12-4-6-14(15(7-12)21(23)24)20-10-17-9-18-20/h3-7,9-10H,8H2,1-2H3. The Labute approximate surface area is 142 Å². The van der Waals surface area contributed by atoms with Crippen molar-refractivity contribution in [2.75, 3.05) is 7.05 Å². The van der Waals surface area contributed by atoms with Crippen LogP contribution in [0.1, 0.15) is 21.9 Å². The van der Waals surface area contributed by atoms with Gasteiger partial charge in [-0.3, -0.25) is 14.9 Å². The third kappa shape index (κ3) is 3.39. The first-order valence-electron chi connectivity index (χ1n) is 7.40. The summed E-state index contributed by atoms with van der Waals surface area (Å²) < 4.78 is 6.73. The molecule has 3 rings (SSSR count). The number of nitrogens with zero attached hydrogens (tertiary/aromatic N) is 5. The third-order valence-electron chi connectivity index (χ3n) is 3.62. The Bertz CT molecular complexity index is 917. The number of carbonyl (C=O) groups excluding carboxylic acids is 1. The number of furan rings is 1. The lowest BCUT2D eigenvalue weighted by Crippen LogP contribution is -2.26. The van der Waals surface area contributed by atoms with Gasteiger partial charge in [0.05, 0.1) is 11.5 Å². The minimum absolute atomic E-state index is 0.210. The second-order valence-corrected chi connectivity index (χ2v) is 5.47. The van der Waals surface area contributed by atoms with Crippen molar-refractivity contribution in [3.63, 3.8) is 0 Å². The second-order valence-electron chi connectivity index (χ2n) is 5.47. The minimum Gasteiger partial charge on any atom is -0.464 e. The van der Waals surface area contributed by atoms with E-state index in [4.69, 9.17) is 4.42 Å². The third-order valence-corrected chi connectivity index (χ3v) is 3.62. The van der Waals surface area contributed by atoms with Gasteiger partial charge in [-0.05, 0) is 31.2 Å². The molecule has 0 aliphatic heterocycles. The molecule has 3 aromatic rings. The van der Waals surface area contributed by atoms with Crippen LogP contribution in [0.5, 0.6) is 0 Å². The van der Waals surface area contributed by atoms with Gasteiger partial charge >= 0.3 is 0 Å². The van der Waals surface area contributed by atoms with Crippen molar-refractivity contribution in [3.05, 3.63) is 70.2 Å². The van der Waals surface area contributed by atoms with E-state index in [2.05, 4.69) is 10.1 Å². The molecule has 0 aliphatic carbocycles. The van der Waals surface area contributed by atoms with Gasteiger partial charge in [0, 0.05) is 18.7 Å². The maximum atomic E-state index is 12.6. The van der Waals surface area contributed by atoms with Crippen molar-refractivity contribution >= 4 is 11.6 Å². The van der Waals surface area contributed by atoms with Crippen molar-refractivity contribution in [2.24, 2.45) is 0 Å². The van der Waals surface area contributed by atoms with E-state index in [9.17, 15) is 14.9 Å². The molecule has 9 nitrogen and oxygen atoms in total. The van der Waals surface area contributed by atoms with Crippen molar-refractivity contribution in [1.29, 1.82) is 0 Å². The Morgan fingerprint density at radius 3 is 2.76 bits per heavy atom. The average Bonchev–Trinajstić information content (AvgIpc) is 3.25. The summed E-state index contributed by atoms with van der Waals surface area (Å²) in [6.45, 7) is 2.09. The predicted octanol–water partition coefficient (Wildman–Crippen LogP) is 2.35. The zero-order valence-electron chi connectivity index (χ0n) is 13.6. The molecular weight excluding hydrogens is 326 g/mol. The molecule has 0 spiro atoms. The van der Waals surface area contributed by atoms with Crippen LogP contribution in [0.2, 0.25) is 0 Å².